The second-order valence-electron chi connectivity index (χ2n) is 8.06. The molecule has 0 fully saturated rings. The molecule has 2 nitrogen and oxygen atoms in total. The van der Waals surface area contributed by atoms with E-state index in [1.165, 1.54) is 16.8 Å². The second-order valence-corrected chi connectivity index (χ2v) is 8.06. The Balaban J connectivity index is 1.62. The summed E-state index contributed by atoms with van der Waals surface area (Å²) >= 11 is 0. The zero-order valence-corrected chi connectivity index (χ0v) is 19.9. The van der Waals surface area contributed by atoms with Crippen LogP contribution in [0.25, 0.3) is 11.1 Å². The molecular formula is C32H30N2. The first-order chi connectivity index (χ1) is 16.6. The van der Waals surface area contributed by atoms with Crippen molar-refractivity contribution in [1.82, 2.24) is 0 Å². The molecule has 168 valence electrons. The summed E-state index contributed by atoms with van der Waals surface area (Å²) in [7, 11) is 0. The molecule has 0 bridgehead atoms. The number of para-hydroxylation sites is 2. The fourth-order valence-corrected chi connectivity index (χ4v) is 4.02. The van der Waals surface area contributed by atoms with E-state index < -0.39 is 0 Å². The quantitative estimate of drug-likeness (QED) is 0.251. The molecule has 0 atom stereocenters. The first-order valence-electron chi connectivity index (χ1n) is 11.5. The Labute approximate surface area is 203 Å². The molecule has 0 saturated heterocycles. The number of hydrogen-bond acceptors (Lipinski definition) is 2. The summed E-state index contributed by atoms with van der Waals surface area (Å²) in [4.78, 5) is 4.38. The second kappa shape index (κ2) is 10.5. The average Bonchev–Trinajstić information content (AvgIpc) is 2.91. The molecule has 0 aliphatic heterocycles. The van der Waals surface area contributed by atoms with Gasteiger partial charge in [0, 0.05) is 34.1 Å². The minimum absolute atomic E-state index is 0.837. The fourth-order valence-electron chi connectivity index (χ4n) is 4.02. The number of rotatable bonds is 8. The lowest BCUT2D eigenvalue weighted by Crippen LogP contribution is -2.14. The lowest BCUT2D eigenvalue weighted by molar-refractivity contribution is 1.15. The Morgan fingerprint density at radius 1 is 0.588 bits per heavy atom. The van der Waals surface area contributed by atoms with E-state index >= 15 is 0 Å². The standard InChI is InChI=1S/C32H30N2/c1-5-25(3)33(29-13-9-7-10-14-29)31-21-17-27(18-22-31)28-19-23-32(24-20-28)34(26(4)6-2)30-15-11-8-12-16-30/h5-24H,1,3H2,2,4H3/b26-6+. The first-order valence-corrected chi connectivity index (χ1v) is 11.5. The fraction of sp³-hybridized carbons (Fsp3) is 0.0625. The van der Waals surface area contributed by atoms with Crippen molar-refractivity contribution < 1.29 is 0 Å². The molecule has 0 unspecified atom stereocenters. The lowest BCUT2D eigenvalue weighted by Gasteiger charge is -2.26. The monoisotopic (exact) mass is 442 g/mol. The molecular weight excluding hydrogens is 412 g/mol. The van der Waals surface area contributed by atoms with E-state index in [2.05, 4.69) is 128 Å². The van der Waals surface area contributed by atoms with Gasteiger partial charge in [-0.1, -0.05) is 79.9 Å². The van der Waals surface area contributed by atoms with E-state index in [-0.39, 0.29) is 0 Å². The van der Waals surface area contributed by atoms with Gasteiger partial charge in [0.25, 0.3) is 0 Å². The van der Waals surface area contributed by atoms with Gasteiger partial charge in [0.1, 0.15) is 0 Å². The van der Waals surface area contributed by atoms with E-state index in [1.807, 2.05) is 24.3 Å². The van der Waals surface area contributed by atoms with Crippen molar-refractivity contribution in [2.45, 2.75) is 13.8 Å². The Bertz CT molecular complexity index is 1180. The Hall–Kier alpha value is -4.30. The molecule has 4 rings (SSSR count). The zero-order valence-electron chi connectivity index (χ0n) is 19.9. The third-order valence-electron chi connectivity index (χ3n) is 5.91. The van der Waals surface area contributed by atoms with Gasteiger partial charge >= 0.3 is 0 Å². The van der Waals surface area contributed by atoms with Crippen LogP contribution in [-0.4, -0.2) is 0 Å². The minimum Gasteiger partial charge on any atom is -0.315 e. The summed E-state index contributed by atoms with van der Waals surface area (Å²) in [6.45, 7) is 12.3. The van der Waals surface area contributed by atoms with Crippen molar-refractivity contribution in [2.24, 2.45) is 0 Å². The van der Waals surface area contributed by atoms with Crippen molar-refractivity contribution in [3.05, 3.63) is 146 Å². The van der Waals surface area contributed by atoms with Gasteiger partial charge < -0.3 is 9.80 Å². The summed E-state index contributed by atoms with van der Waals surface area (Å²) in [5.74, 6) is 0. The summed E-state index contributed by atoms with van der Waals surface area (Å²) < 4.78 is 0. The normalized spacial score (nSPS) is 11.1. The van der Waals surface area contributed by atoms with Gasteiger partial charge in [-0.05, 0) is 79.6 Å². The van der Waals surface area contributed by atoms with Crippen LogP contribution in [0.3, 0.4) is 0 Å². The molecule has 4 aromatic rings. The van der Waals surface area contributed by atoms with Gasteiger partial charge in [0.05, 0.1) is 0 Å². The van der Waals surface area contributed by atoms with E-state index in [9.17, 15) is 0 Å². The first kappa shape index (κ1) is 22.9. The predicted octanol–water partition coefficient (Wildman–Crippen LogP) is 9.25. The van der Waals surface area contributed by atoms with Crippen LogP contribution in [0.1, 0.15) is 13.8 Å². The smallest absolute Gasteiger partial charge is 0.0461 e. The van der Waals surface area contributed by atoms with Crippen molar-refractivity contribution >= 4 is 22.7 Å². The van der Waals surface area contributed by atoms with E-state index in [0.29, 0.717) is 0 Å². The molecule has 0 spiro atoms. The van der Waals surface area contributed by atoms with Crippen molar-refractivity contribution in [3.8, 4) is 11.1 Å². The van der Waals surface area contributed by atoms with Crippen LogP contribution < -0.4 is 9.80 Å². The van der Waals surface area contributed by atoms with Crippen LogP contribution in [0.2, 0.25) is 0 Å². The molecule has 0 saturated carbocycles. The highest BCUT2D eigenvalue weighted by molar-refractivity contribution is 5.75. The van der Waals surface area contributed by atoms with Crippen molar-refractivity contribution in [3.63, 3.8) is 0 Å². The molecule has 0 aliphatic rings. The Morgan fingerprint density at radius 2 is 0.971 bits per heavy atom. The van der Waals surface area contributed by atoms with Crippen LogP contribution in [0.4, 0.5) is 22.7 Å². The topological polar surface area (TPSA) is 6.48 Å². The van der Waals surface area contributed by atoms with Gasteiger partial charge in [-0.3, -0.25) is 0 Å². The van der Waals surface area contributed by atoms with Gasteiger partial charge in [0.2, 0.25) is 0 Å². The molecule has 0 amide bonds. The highest BCUT2D eigenvalue weighted by Crippen LogP contribution is 2.34. The maximum atomic E-state index is 4.18. The molecule has 0 N–H and O–H groups in total. The van der Waals surface area contributed by atoms with E-state index in [4.69, 9.17) is 0 Å². The van der Waals surface area contributed by atoms with Crippen molar-refractivity contribution in [2.75, 3.05) is 9.80 Å². The Kier molecular flexibility index (Phi) is 7.10. The van der Waals surface area contributed by atoms with Crippen LogP contribution in [-0.2, 0) is 0 Å². The third-order valence-corrected chi connectivity index (χ3v) is 5.91. The molecule has 0 aromatic heterocycles. The van der Waals surface area contributed by atoms with Gasteiger partial charge in [-0.25, -0.2) is 0 Å². The maximum Gasteiger partial charge on any atom is 0.0461 e. The number of anilines is 4. The number of allylic oxidation sites excluding steroid dienone is 3. The van der Waals surface area contributed by atoms with E-state index in [0.717, 1.165) is 28.4 Å². The molecule has 0 heterocycles. The summed E-state index contributed by atoms with van der Waals surface area (Å²) in [5.41, 5.74) is 8.77. The van der Waals surface area contributed by atoms with Crippen LogP contribution >= 0.6 is 0 Å². The highest BCUT2D eigenvalue weighted by atomic mass is 15.1. The van der Waals surface area contributed by atoms with Crippen LogP contribution in [0, 0.1) is 0 Å². The predicted molar refractivity (Wildman–Crippen MR) is 148 cm³/mol. The SMILES string of the molecule is C=CC(=C)N(c1ccccc1)c1ccc(-c2ccc(N(/C(C)=C/C)c3ccccc3)cc2)cc1. The zero-order chi connectivity index (χ0) is 23.9. The molecule has 0 radical (unpaired) electrons. The molecule has 4 aromatic carbocycles. The largest absolute Gasteiger partial charge is 0.315 e. The number of benzene rings is 4. The third kappa shape index (κ3) is 4.87. The lowest BCUT2D eigenvalue weighted by atomic mass is 10.0. The maximum absolute atomic E-state index is 4.18. The number of hydrogen-bond donors (Lipinski definition) is 0. The minimum atomic E-state index is 0.837. The molecule has 2 heteroatoms. The van der Waals surface area contributed by atoms with E-state index in [1.54, 1.807) is 6.08 Å². The van der Waals surface area contributed by atoms with Gasteiger partial charge in [0.15, 0.2) is 0 Å². The highest BCUT2D eigenvalue weighted by Gasteiger charge is 2.13. The Morgan fingerprint density at radius 3 is 1.38 bits per heavy atom. The van der Waals surface area contributed by atoms with Gasteiger partial charge in [-0.2, -0.15) is 0 Å². The summed E-state index contributed by atoms with van der Waals surface area (Å²) in [5, 5.41) is 0. The van der Waals surface area contributed by atoms with Gasteiger partial charge in [-0.15, -0.1) is 0 Å². The molecule has 0 aliphatic carbocycles. The number of nitrogens with zero attached hydrogens (tertiary/aromatic N) is 2. The van der Waals surface area contributed by atoms with Crippen molar-refractivity contribution in [1.29, 1.82) is 0 Å². The molecule has 34 heavy (non-hydrogen) atoms. The summed E-state index contributed by atoms with van der Waals surface area (Å²) in [6, 6.07) is 38.0. The van der Waals surface area contributed by atoms with Crippen LogP contribution in [0.5, 0.6) is 0 Å². The average molecular weight is 443 g/mol. The summed E-state index contributed by atoms with van der Waals surface area (Å²) in [6.07, 6.45) is 3.92. The van der Waals surface area contributed by atoms with Crippen LogP contribution in [0.15, 0.2) is 146 Å².